The lowest BCUT2D eigenvalue weighted by molar-refractivity contribution is -0.255. The van der Waals surface area contributed by atoms with Crippen molar-refractivity contribution in [2.75, 3.05) is 0 Å². The third-order valence-corrected chi connectivity index (χ3v) is 2.61. The van der Waals surface area contributed by atoms with Crippen LogP contribution >= 0.6 is 0 Å². The summed E-state index contributed by atoms with van der Waals surface area (Å²) in [5.41, 5.74) is 5.45. The second kappa shape index (κ2) is 3.01. The Hall–Kier alpha value is -0.980. The van der Waals surface area contributed by atoms with Gasteiger partial charge in [0.1, 0.15) is 5.66 Å². The van der Waals surface area contributed by atoms with Gasteiger partial charge in [-0.05, 0) is 27.7 Å². The zero-order chi connectivity index (χ0) is 11.1. The number of nitrogens with one attached hydrogen (secondary N) is 1. The van der Waals surface area contributed by atoms with E-state index in [4.69, 9.17) is 5.53 Å². The Morgan fingerprint density at radius 2 is 1.79 bits per heavy atom. The summed E-state index contributed by atoms with van der Waals surface area (Å²) in [4.78, 5) is 0. The molecule has 1 rings (SSSR count). The Morgan fingerprint density at radius 1 is 1.29 bits per heavy atom. The van der Waals surface area contributed by atoms with Gasteiger partial charge in [0.2, 0.25) is 0 Å². The summed E-state index contributed by atoms with van der Waals surface area (Å²) in [7, 11) is 0. The van der Waals surface area contributed by atoms with Crippen molar-refractivity contribution in [1.82, 2.24) is 10.1 Å². The smallest absolute Gasteiger partial charge is 0.136 e. The average Bonchev–Trinajstić information content (AvgIpc) is 2.19. The summed E-state index contributed by atoms with van der Waals surface area (Å²) in [6, 6.07) is 0. The van der Waals surface area contributed by atoms with Gasteiger partial charge < -0.3 is 5.21 Å². The first-order valence-electron chi connectivity index (χ1n) is 4.31. The van der Waals surface area contributed by atoms with E-state index < -0.39 is 11.2 Å². The van der Waals surface area contributed by atoms with Crippen molar-refractivity contribution in [2.24, 2.45) is 5.11 Å². The van der Waals surface area contributed by atoms with Gasteiger partial charge in [-0.25, -0.2) is 10.6 Å². The summed E-state index contributed by atoms with van der Waals surface area (Å²) in [5, 5.41) is 24.7. The maximum Gasteiger partial charge on any atom is 0.136 e. The molecule has 1 fully saturated rings. The Bertz CT molecular complexity index is 285. The van der Waals surface area contributed by atoms with E-state index in [0.29, 0.717) is 5.70 Å². The zero-order valence-corrected chi connectivity index (χ0v) is 8.81. The zero-order valence-electron chi connectivity index (χ0n) is 8.81. The summed E-state index contributed by atoms with van der Waals surface area (Å²) >= 11 is 0. The standard InChI is InChI=1S/C8H16N4O2/c1-7(2)6(5-10-9)11(13)8(3,4)12(7)14/h5,9,13-14H,1-4H3. The normalized spacial score (nSPS) is 28.4. The molecular weight excluding hydrogens is 184 g/mol. The van der Waals surface area contributed by atoms with Crippen LogP contribution in [0.4, 0.5) is 0 Å². The molecule has 14 heavy (non-hydrogen) atoms. The van der Waals surface area contributed by atoms with Crippen LogP contribution in [-0.4, -0.2) is 31.7 Å². The van der Waals surface area contributed by atoms with Crippen molar-refractivity contribution < 1.29 is 10.4 Å². The van der Waals surface area contributed by atoms with E-state index >= 15 is 0 Å². The maximum atomic E-state index is 9.84. The van der Waals surface area contributed by atoms with Crippen LogP contribution in [-0.2, 0) is 0 Å². The number of rotatable bonds is 1. The molecule has 1 aliphatic rings. The van der Waals surface area contributed by atoms with E-state index in [0.717, 1.165) is 10.1 Å². The van der Waals surface area contributed by atoms with Crippen LogP contribution < -0.4 is 0 Å². The first-order valence-corrected chi connectivity index (χ1v) is 4.31. The van der Waals surface area contributed by atoms with E-state index in [9.17, 15) is 10.4 Å². The predicted octanol–water partition coefficient (Wildman–Crippen LogP) is 1.77. The molecule has 0 unspecified atom stereocenters. The summed E-state index contributed by atoms with van der Waals surface area (Å²) < 4.78 is 0. The molecule has 0 aromatic carbocycles. The van der Waals surface area contributed by atoms with E-state index in [-0.39, 0.29) is 0 Å². The molecule has 0 aliphatic carbocycles. The van der Waals surface area contributed by atoms with Crippen molar-refractivity contribution >= 4 is 0 Å². The van der Waals surface area contributed by atoms with Crippen molar-refractivity contribution in [3.63, 3.8) is 0 Å². The Balaban J connectivity index is 3.23. The molecule has 80 valence electrons. The van der Waals surface area contributed by atoms with Crippen LogP contribution in [0.1, 0.15) is 27.7 Å². The lowest BCUT2D eigenvalue weighted by Gasteiger charge is -2.33. The molecular formula is C8H16N4O2. The minimum Gasteiger partial charge on any atom is -0.311 e. The number of hydroxylamine groups is 4. The number of hydrogen-bond donors (Lipinski definition) is 3. The first-order chi connectivity index (χ1) is 6.26. The highest BCUT2D eigenvalue weighted by molar-refractivity contribution is 5.21. The van der Waals surface area contributed by atoms with Crippen LogP contribution in [0, 0.1) is 5.53 Å². The van der Waals surface area contributed by atoms with Gasteiger partial charge in [-0.3, -0.25) is 5.21 Å². The lowest BCUT2D eigenvalue weighted by Crippen LogP contribution is -2.49. The van der Waals surface area contributed by atoms with E-state index in [1.54, 1.807) is 27.7 Å². The van der Waals surface area contributed by atoms with Crippen molar-refractivity contribution in [3.05, 3.63) is 11.9 Å². The van der Waals surface area contributed by atoms with Crippen LogP contribution in [0.3, 0.4) is 0 Å². The van der Waals surface area contributed by atoms with Gasteiger partial charge in [-0.1, -0.05) is 0 Å². The van der Waals surface area contributed by atoms with Crippen LogP contribution in [0.25, 0.3) is 0 Å². The highest BCUT2D eigenvalue weighted by Gasteiger charge is 2.53. The fraction of sp³-hybridized carbons (Fsp3) is 0.750. The fourth-order valence-corrected chi connectivity index (χ4v) is 1.71. The summed E-state index contributed by atoms with van der Waals surface area (Å²) in [6.45, 7) is 6.81. The van der Waals surface area contributed by atoms with Crippen molar-refractivity contribution in [1.29, 1.82) is 5.53 Å². The van der Waals surface area contributed by atoms with E-state index in [1.807, 2.05) is 0 Å². The molecule has 0 amide bonds. The largest absolute Gasteiger partial charge is 0.311 e. The highest BCUT2D eigenvalue weighted by Crippen LogP contribution is 2.41. The number of nitrogens with zero attached hydrogens (tertiary/aromatic N) is 3. The van der Waals surface area contributed by atoms with Gasteiger partial charge >= 0.3 is 0 Å². The second-order valence-corrected chi connectivity index (χ2v) is 4.32. The Labute approximate surface area is 82.9 Å². The molecule has 0 atom stereocenters. The SMILES string of the molecule is CC1(C)C(=CN=N)N(O)C(C)(C)N1O. The van der Waals surface area contributed by atoms with Gasteiger partial charge in [0.25, 0.3) is 0 Å². The third kappa shape index (κ3) is 1.23. The van der Waals surface area contributed by atoms with Gasteiger partial charge in [0.15, 0.2) is 0 Å². The fourth-order valence-electron chi connectivity index (χ4n) is 1.71. The molecule has 0 aromatic heterocycles. The van der Waals surface area contributed by atoms with Gasteiger partial charge in [0, 0.05) is 0 Å². The van der Waals surface area contributed by atoms with Crippen molar-refractivity contribution in [2.45, 2.75) is 38.9 Å². The molecule has 1 aliphatic heterocycles. The number of hydrogen-bond acceptors (Lipinski definition) is 6. The molecule has 6 heteroatoms. The topological polar surface area (TPSA) is 83.2 Å². The second-order valence-electron chi connectivity index (χ2n) is 4.32. The monoisotopic (exact) mass is 200 g/mol. The van der Waals surface area contributed by atoms with Gasteiger partial charge in [-0.15, -0.1) is 0 Å². The van der Waals surface area contributed by atoms with Gasteiger partial charge in [-0.2, -0.15) is 10.2 Å². The van der Waals surface area contributed by atoms with Crippen LogP contribution in [0.5, 0.6) is 0 Å². The molecule has 0 aromatic rings. The molecule has 1 heterocycles. The van der Waals surface area contributed by atoms with E-state index in [2.05, 4.69) is 5.11 Å². The van der Waals surface area contributed by atoms with E-state index in [1.165, 1.54) is 6.20 Å². The van der Waals surface area contributed by atoms with Crippen molar-refractivity contribution in [3.8, 4) is 0 Å². The summed E-state index contributed by atoms with van der Waals surface area (Å²) in [6.07, 6.45) is 1.22. The maximum absolute atomic E-state index is 9.84. The first kappa shape index (κ1) is 11.1. The predicted molar refractivity (Wildman–Crippen MR) is 48.6 cm³/mol. The third-order valence-electron chi connectivity index (χ3n) is 2.61. The molecule has 1 saturated heterocycles. The highest BCUT2D eigenvalue weighted by atomic mass is 16.6. The molecule has 0 bridgehead atoms. The molecule has 3 N–H and O–H groups in total. The summed E-state index contributed by atoms with van der Waals surface area (Å²) in [5.74, 6) is 0. The quantitative estimate of drug-likeness (QED) is 0.563. The van der Waals surface area contributed by atoms with Gasteiger partial charge in [0.05, 0.1) is 17.4 Å². The van der Waals surface area contributed by atoms with Crippen LogP contribution in [0.15, 0.2) is 17.0 Å². The minimum atomic E-state index is -0.917. The molecule has 0 radical (unpaired) electrons. The lowest BCUT2D eigenvalue weighted by atomic mass is 10.0. The van der Waals surface area contributed by atoms with Crippen LogP contribution in [0.2, 0.25) is 0 Å². The molecule has 0 saturated carbocycles. The Morgan fingerprint density at radius 3 is 2.07 bits per heavy atom. The molecule has 6 nitrogen and oxygen atoms in total. The Kier molecular flexibility index (Phi) is 2.39. The molecule has 0 spiro atoms. The average molecular weight is 200 g/mol. The minimum absolute atomic E-state index is 0.389.